The van der Waals surface area contributed by atoms with Crippen LogP contribution in [0.5, 0.6) is 5.75 Å². The van der Waals surface area contributed by atoms with Crippen LogP contribution in [0, 0.1) is 11.8 Å². The van der Waals surface area contributed by atoms with E-state index in [2.05, 4.69) is 19.1 Å². The van der Waals surface area contributed by atoms with E-state index < -0.39 is 0 Å². The average molecular weight is 218 g/mol. The molecule has 0 spiro atoms. The molecule has 2 rings (SSSR count). The highest BCUT2D eigenvalue weighted by molar-refractivity contribution is 5.26. The molecule has 0 radical (unpaired) electrons. The van der Waals surface area contributed by atoms with Gasteiger partial charge in [0.2, 0.25) is 0 Å². The maximum atomic E-state index is 9.24. The summed E-state index contributed by atoms with van der Waals surface area (Å²) in [6.07, 6.45) is 8.26. The smallest absolute Gasteiger partial charge is 0.115 e. The van der Waals surface area contributed by atoms with Crippen LogP contribution < -0.4 is 0 Å². The number of phenols is 1. The molecule has 1 atom stereocenters. The third kappa shape index (κ3) is 3.01. The van der Waals surface area contributed by atoms with Gasteiger partial charge in [-0.1, -0.05) is 51.2 Å². The van der Waals surface area contributed by atoms with Gasteiger partial charge >= 0.3 is 0 Å². The van der Waals surface area contributed by atoms with E-state index >= 15 is 0 Å². The Morgan fingerprint density at radius 3 is 2.38 bits per heavy atom. The number of hydrogen-bond donors (Lipinski definition) is 1. The van der Waals surface area contributed by atoms with Gasteiger partial charge in [-0.15, -0.1) is 0 Å². The highest BCUT2D eigenvalue weighted by Crippen LogP contribution is 2.31. The summed E-state index contributed by atoms with van der Waals surface area (Å²) in [5, 5.41) is 9.24. The van der Waals surface area contributed by atoms with Gasteiger partial charge < -0.3 is 5.11 Å². The summed E-state index contributed by atoms with van der Waals surface area (Å²) in [4.78, 5) is 0. The topological polar surface area (TPSA) is 20.2 Å². The standard InChI is InChI=1S/C15H22O/c1-12(14-5-3-2-4-6-14)11-13-7-9-15(16)10-8-13/h7-10,12,14,16H,2-6,11H2,1H3. The largest absolute Gasteiger partial charge is 0.508 e. The Morgan fingerprint density at radius 1 is 1.12 bits per heavy atom. The van der Waals surface area contributed by atoms with Crippen molar-refractivity contribution in [1.82, 2.24) is 0 Å². The molecule has 1 aromatic carbocycles. The van der Waals surface area contributed by atoms with Crippen LogP contribution in [0.2, 0.25) is 0 Å². The molecule has 0 aliphatic heterocycles. The van der Waals surface area contributed by atoms with Crippen LogP contribution >= 0.6 is 0 Å². The summed E-state index contributed by atoms with van der Waals surface area (Å²) >= 11 is 0. The fraction of sp³-hybridized carbons (Fsp3) is 0.600. The van der Waals surface area contributed by atoms with Crippen molar-refractivity contribution in [3.05, 3.63) is 29.8 Å². The molecule has 1 saturated carbocycles. The molecule has 1 aliphatic rings. The van der Waals surface area contributed by atoms with Gasteiger partial charge in [0.15, 0.2) is 0 Å². The van der Waals surface area contributed by atoms with Gasteiger partial charge in [0.05, 0.1) is 0 Å². The predicted molar refractivity (Wildman–Crippen MR) is 67.5 cm³/mol. The molecular formula is C15H22O. The molecule has 1 unspecified atom stereocenters. The van der Waals surface area contributed by atoms with E-state index in [4.69, 9.17) is 0 Å². The van der Waals surface area contributed by atoms with Crippen molar-refractivity contribution < 1.29 is 5.11 Å². The molecule has 88 valence electrons. The quantitative estimate of drug-likeness (QED) is 0.808. The van der Waals surface area contributed by atoms with Crippen molar-refractivity contribution in [2.45, 2.75) is 45.4 Å². The van der Waals surface area contributed by atoms with E-state index in [0.29, 0.717) is 5.75 Å². The van der Waals surface area contributed by atoms with Gasteiger partial charge in [0.25, 0.3) is 0 Å². The summed E-state index contributed by atoms with van der Waals surface area (Å²) < 4.78 is 0. The normalized spacial score (nSPS) is 19.6. The van der Waals surface area contributed by atoms with Crippen LogP contribution in [0.1, 0.15) is 44.6 Å². The minimum absolute atomic E-state index is 0.370. The lowest BCUT2D eigenvalue weighted by Gasteiger charge is -2.27. The van der Waals surface area contributed by atoms with Gasteiger partial charge in [0, 0.05) is 0 Å². The second-order valence-electron chi connectivity index (χ2n) is 5.25. The maximum absolute atomic E-state index is 9.24. The summed E-state index contributed by atoms with van der Waals surface area (Å²) in [5.74, 6) is 2.07. The van der Waals surface area contributed by atoms with Crippen molar-refractivity contribution in [2.24, 2.45) is 11.8 Å². The Hall–Kier alpha value is -0.980. The van der Waals surface area contributed by atoms with Gasteiger partial charge in [-0.25, -0.2) is 0 Å². The lowest BCUT2D eigenvalue weighted by molar-refractivity contribution is 0.262. The fourth-order valence-corrected chi connectivity index (χ4v) is 2.87. The van der Waals surface area contributed by atoms with Crippen molar-refractivity contribution in [1.29, 1.82) is 0 Å². The Kier molecular flexibility index (Phi) is 3.87. The molecule has 0 heterocycles. The van der Waals surface area contributed by atoms with Gasteiger partial charge in [0.1, 0.15) is 5.75 Å². The molecule has 0 saturated heterocycles. The number of rotatable bonds is 3. The van der Waals surface area contributed by atoms with Crippen molar-refractivity contribution in [3.8, 4) is 5.75 Å². The molecule has 1 N–H and O–H groups in total. The van der Waals surface area contributed by atoms with Crippen molar-refractivity contribution in [2.75, 3.05) is 0 Å². The van der Waals surface area contributed by atoms with Crippen LogP contribution in [-0.4, -0.2) is 5.11 Å². The molecule has 1 heteroatoms. The molecule has 0 amide bonds. The minimum atomic E-state index is 0.370. The first-order valence-corrected chi connectivity index (χ1v) is 6.53. The Balaban J connectivity index is 1.90. The zero-order valence-corrected chi connectivity index (χ0v) is 10.2. The van der Waals surface area contributed by atoms with Crippen LogP contribution in [0.4, 0.5) is 0 Å². The fourth-order valence-electron chi connectivity index (χ4n) is 2.87. The molecule has 0 bridgehead atoms. The summed E-state index contributed by atoms with van der Waals surface area (Å²) in [6.45, 7) is 2.38. The summed E-state index contributed by atoms with van der Waals surface area (Å²) in [6, 6.07) is 7.69. The molecule has 1 aromatic rings. The lowest BCUT2D eigenvalue weighted by atomic mass is 9.78. The molecular weight excluding hydrogens is 196 g/mol. The van der Waals surface area contributed by atoms with Crippen LogP contribution in [-0.2, 0) is 6.42 Å². The first kappa shape index (κ1) is 11.5. The lowest BCUT2D eigenvalue weighted by Crippen LogP contribution is -2.17. The number of aromatic hydroxyl groups is 1. The molecule has 16 heavy (non-hydrogen) atoms. The first-order valence-electron chi connectivity index (χ1n) is 6.53. The highest BCUT2D eigenvalue weighted by Gasteiger charge is 2.19. The minimum Gasteiger partial charge on any atom is -0.508 e. The summed E-state index contributed by atoms with van der Waals surface area (Å²) in [7, 11) is 0. The molecule has 1 fully saturated rings. The Morgan fingerprint density at radius 2 is 1.75 bits per heavy atom. The Labute approximate surface area is 98.5 Å². The van der Waals surface area contributed by atoms with Crippen molar-refractivity contribution in [3.63, 3.8) is 0 Å². The van der Waals surface area contributed by atoms with E-state index in [1.165, 1.54) is 37.7 Å². The number of phenolic OH excluding ortho intramolecular Hbond substituents is 1. The molecule has 1 nitrogen and oxygen atoms in total. The molecule has 0 aromatic heterocycles. The van der Waals surface area contributed by atoms with Gasteiger partial charge in [-0.3, -0.25) is 0 Å². The van der Waals surface area contributed by atoms with E-state index in [1.807, 2.05) is 0 Å². The predicted octanol–water partition coefficient (Wildman–Crippen LogP) is 4.15. The Bertz CT molecular complexity index is 309. The van der Waals surface area contributed by atoms with Gasteiger partial charge in [-0.05, 0) is 36.0 Å². The molecule has 1 aliphatic carbocycles. The van der Waals surface area contributed by atoms with Crippen molar-refractivity contribution >= 4 is 0 Å². The van der Waals surface area contributed by atoms with Crippen LogP contribution in [0.25, 0.3) is 0 Å². The summed E-state index contributed by atoms with van der Waals surface area (Å²) in [5.41, 5.74) is 1.36. The second-order valence-corrected chi connectivity index (χ2v) is 5.25. The zero-order valence-electron chi connectivity index (χ0n) is 10.2. The van der Waals surface area contributed by atoms with E-state index in [1.54, 1.807) is 12.1 Å². The van der Waals surface area contributed by atoms with Gasteiger partial charge in [-0.2, -0.15) is 0 Å². The zero-order chi connectivity index (χ0) is 11.4. The third-order valence-electron chi connectivity index (χ3n) is 3.95. The third-order valence-corrected chi connectivity index (χ3v) is 3.95. The van der Waals surface area contributed by atoms with E-state index in [0.717, 1.165) is 18.3 Å². The van der Waals surface area contributed by atoms with E-state index in [9.17, 15) is 5.11 Å². The number of benzene rings is 1. The second kappa shape index (κ2) is 5.38. The number of hydrogen-bond acceptors (Lipinski definition) is 1. The maximum Gasteiger partial charge on any atom is 0.115 e. The average Bonchev–Trinajstić information content (AvgIpc) is 2.33. The monoisotopic (exact) mass is 218 g/mol. The van der Waals surface area contributed by atoms with E-state index in [-0.39, 0.29) is 0 Å². The highest BCUT2D eigenvalue weighted by atomic mass is 16.3. The first-order chi connectivity index (χ1) is 7.75. The SMILES string of the molecule is CC(Cc1ccc(O)cc1)C1CCCCC1. The van der Waals surface area contributed by atoms with Crippen LogP contribution in [0.15, 0.2) is 24.3 Å². The van der Waals surface area contributed by atoms with Crippen LogP contribution in [0.3, 0.4) is 0 Å².